The van der Waals surface area contributed by atoms with E-state index in [9.17, 15) is 4.39 Å². The summed E-state index contributed by atoms with van der Waals surface area (Å²) in [5.41, 5.74) is 5.87. The molecule has 0 saturated carbocycles. The number of anilines is 1. The minimum atomic E-state index is -0.277. The molecule has 0 bridgehead atoms. The van der Waals surface area contributed by atoms with Crippen molar-refractivity contribution in [3.05, 3.63) is 99.1 Å². The number of nitrogens with zero attached hydrogens (tertiary/aromatic N) is 2. The summed E-state index contributed by atoms with van der Waals surface area (Å²) in [6.07, 6.45) is 1.68. The van der Waals surface area contributed by atoms with Crippen LogP contribution in [0, 0.1) is 5.82 Å². The second-order valence-electron chi connectivity index (χ2n) is 6.48. The van der Waals surface area contributed by atoms with Crippen LogP contribution in [0.25, 0.3) is 11.3 Å². The van der Waals surface area contributed by atoms with Gasteiger partial charge in [-0.05, 0) is 54.1 Å². The van der Waals surface area contributed by atoms with Gasteiger partial charge in [0.05, 0.1) is 16.9 Å². The van der Waals surface area contributed by atoms with E-state index in [1.165, 1.54) is 17.4 Å². The van der Waals surface area contributed by atoms with E-state index in [0.717, 1.165) is 16.8 Å². The predicted octanol–water partition coefficient (Wildman–Crippen LogP) is 7.28. The zero-order valence-corrected chi connectivity index (χ0v) is 18.4. The molecule has 0 saturated heterocycles. The average molecular weight is 472 g/mol. The predicted molar refractivity (Wildman–Crippen MR) is 126 cm³/mol. The number of hydrazone groups is 1. The van der Waals surface area contributed by atoms with Gasteiger partial charge in [-0.3, -0.25) is 5.43 Å². The smallest absolute Gasteiger partial charge is 0.203 e. The van der Waals surface area contributed by atoms with Crippen molar-refractivity contribution in [2.24, 2.45) is 5.10 Å². The van der Waals surface area contributed by atoms with Crippen molar-refractivity contribution in [1.82, 2.24) is 4.98 Å². The van der Waals surface area contributed by atoms with Crippen LogP contribution < -0.4 is 10.2 Å². The molecule has 1 aromatic heterocycles. The van der Waals surface area contributed by atoms with Gasteiger partial charge in [-0.1, -0.05) is 41.4 Å². The molecule has 0 unspecified atom stereocenters. The Hall–Kier alpha value is -2.93. The molecule has 0 radical (unpaired) electrons. The van der Waals surface area contributed by atoms with Crippen LogP contribution in [-0.2, 0) is 6.61 Å². The Kier molecular flexibility index (Phi) is 6.82. The molecule has 0 amide bonds. The number of hydrogen-bond acceptors (Lipinski definition) is 5. The van der Waals surface area contributed by atoms with Crippen molar-refractivity contribution in [1.29, 1.82) is 0 Å². The Balaban J connectivity index is 1.33. The van der Waals surface area contributed by atoms with Gasteiger partial charge in [0, 0.05) is 21.5 Å². The first kappa shape index (κ1) is 21.3. The summed E-state index contributed by atoms with van der Waals surface area (Å²) in [5.74, 6) is 0.374. The Morgan fingerprint density at radius 2 is 1.87 bits per heavy atom. The molecule has 1 heterocycles. The number of hydrogen-bond donors (Lipinski definition) is 1. The number of thiazole rings is 1. The van der Waals surface area contributed by atoms with Crippen LogP contribution in [0.5, 0.6) is 5.75 Å². The Labute approximate surface area is 192 Å². The molecule has 0 aliphatic carbocycles. The normalized spacial score (nSPS) is 11.1. The van der Waals surface area contributed by atoms with Crippen molar-refractivity contribution in [3.8, 4) is 17.0 Å². The largest absolute Gasteiger partial charge is 0.489 e. The van der Waals surface area contributed by atoms with Gasteiger partial charge in [0.1, 0.15) is 18.2 Å². The lowest BCUT2D eigenvalue weighted by Gasteiger charge is -2.07. The highest BCUT2D eigenvalue weighted by Gasteiger charge is 2.08. The molecular formula is C23H16Cl2FN3OS. The molecule has 4 rings (SSSR count). The van der Waals surface area contributed by atoms with Crippen molar-refractivity contribution in [3.63, 3.8) is 0 Å². The maximum atomic E-state index is 13.6. The van der Waals surface area contributed by atoms with E-state index in [0.29, 0.717) is 26.5 Å². The van der Waals surface area contributed by atoms with Crippen molar-refractivity contribution in [2.75, 3.05) is 5.43 Å². The van der Waals surface area contributed by atoms with Gasteiger partial charge in [-0.2, -0.15) is 5.10 Å². The monoisotopic (exact) mass is 471 g/mol. The first-order valence-electron chi connectivity index (χ1n) is 9.25. The van der Waals surface area contributed by atoms with Crippen LogP contribution in [0.3, 0.4) is 0 Å². The van der Waals surface area contributed by atoms with E-state index in [4.69, 9.17) is 27.9 Å². The zero-order valence-electron chi connectivity index (χ0n) is 16.1. The Bertz CT molecular complexity index is 1210. The van der Waals surface area contributed by atoms with Crippen LogP contribution in [0.4, 0.5) is 9.52 Å². The quantitative estimate of drug-likeness (QED) is 0.227. The minimum Gasteiger partial charge on any atom is -0.489 e. The molecule has 0 fully saturated rings. The van der Waals surface area contributed by atoms with Crippen molar-refractivity contribution < 1.29 is 9.13 Å². The van der Waals surface area contributed by atoms with Gasteiger partial charge in [-0.15, -0.1) is 11.3 Å². The summed E-state index contributed by atoms with van der Waals surface area (Å²) in [6, 6.07) is 19.2. The van der Waals surface area contributed by atoms with Crippen molar-refractivity contribution >= 4 is 45.9 Å². The second kappa shape index (κ2) is 9.92. The second-order valence-corrected chi connectivity index (χ2v) is 8.18. The third-order valence-corrected chi connectivity index (χ3v) is 5.61. The number of rotatable bonds is 7. The third kappa shape index (κ3) is 5.61. The highest BCUT2D eigenvalue weighted by molar-refractivity contribution is 7.14. The standard InChI is InChI=1S/C23H16Cl2FN3OS/c24-17-7-10-19(20(25)11-17)22-14-31-23(28-22)29-27-12-15-5-8-18(9-6-15)30-13-16-3-1-2-4-21(16)26/h1-12,14H,13H2,(H,28,29)/b27-12+. The first-order valence-corrected chi connectivity index (χ1v) is 10.9. The van der Waals surface area contributed by atoms with Gasteiger partial charge < -0.3 is 4.74 Å². The van der Waals surface area contributed by atoms with Gasteiger partial charge in [0.2, 0.25) is 5.13 Å². The van der Waals surface area contributed by atoms with Crippen LogP contribution in [0.2, 0.25) is 10.0 Å². The van der Waals surface area contributed by atoms with Crippen LogP contribution in [0.1, 0.15) is 11.1 Å². The van der Waals surface area contributed by atoms with Crippen LogP contribution >= 0.6 is 34.5 Å². The fraction of sp³-hybridized carbons (Fsp3) is 0.0435. The minimum absolute atomic E-state index is 0.172. The molecule has 156 valence electrons. The Morgan fingerprint density at radius 3 is 2.65 bits per heavy atom. The van der Waals surface area contributed by atoms with Gasteiger partial charge in [-0.25, -0.2) is 9.37 Å². The number of halogens is 3. The van der Waals surface area contributed by atoms with E-state index in [-0.39, 0.29) is 12.4 Å². The summed E-state index contributed by atoms with van der Waals surface area (Å²) in [4.78, 5) is 4.49. The Morgan fingerprint density at radius 1 is 1.06 bits per heavy atom. The topological polar surface area (TPSA) is 46.5 Å². The maximum Gasteiger partial charge on any atom is 0.203 e. The van der Waals surface area contributed by atoms with Crippen LogP contribution in [-0.4, -0.2) is 11.2 Å². The van der Waals surface area contributed by atoms with Gasteiger partial charge in [0.15, 0.2) is 0 Å². The molecule has 4 aromatic rings. The number of aromatic nitrogens is 1. The molecule has 0 spiro atoms. The number of benzene rings is 3. The number of nitrogens with one attached hydrogen (secondary N) is 1. The first-order chi connectivity index (χ1) is 15.1. The summed E-state index contributed by atoms with van der Waals surface area (Å²) in [5, 5.41) is 7.88. The molecular weight excluding hydrogens is 456 g/mol. The number of ether oxygens (including phenoxy) is 1. The molecule has 1 N–H and O–H groups in total. The van der Waals surface area contributed by atoms with Gasteiger partial charge >= 0.3 is 0 Å². The molecule has 0 aliphatic heterocycles. The molecule has 3 aromatic carbocycles. The molecule has 8 heteroatoms. The zero-order chi connectivity index (χ0) is 21.6. The summed E-state index contributed by atoms with van der Waals surface area (Å²) >= 11 is 13.6. The van der Waals surface area contributed by atoms with Crippen molar-refractivity contribution in [2.45, 2.75) is 6.61 Å². The summed E-state index contributed by atoms with van der Waals surface area (Å²) in [6.45, 7) is 0.172. The molecule has 4 nitrogen and oxygen atoms in total. The lowest BCUT2D eigenvalue weighted by atomic mass is 10.2. The lowest BCUT2D eigenvalue weighted by molar-refractivity contribution is 0.300. The van der Waals surface area contributed by atoms with Gasteiger partial charge in [0.25, 0.3) is 0 Å². The van der Waals surface area contributed by atoms with E-state index in [2.05, 4.69) is 15.5 Å². The maximum absolute atomic E-state index is 13.6. The average Bonchev–Trinajstić information content (AvgIpc) is 3.23. The summed E-state index contributed by atoms with van der Waals surface area (Å²) in [7, 11) is 0. The van der Waals surface area contributed by atoms with Crippen LogP contribution in [0.15, 0.2) is 77.2 Å². The third-order valence-electron chi connectivity index (χ3n) is 4.32. The molecule has 0 atom stereocenters. The lowest BCUT2D eigenvalue weighted by Crippen LogP contribution is -1.98. The summed E-state index contributed by atoms with van der Waals surface area (Å²) < 4.78 is 19.3. The fourth-order valence-corrected chi connectivity index (χ4v) is 3.90. The van der Waals surface area contributed by atoms with E-state index < -0.39 is 0 Å². The highest BCUT2D eigenvalue weighted by Crippen LogP contribution is 2.32. The SMILES string of the molecule is Fc1ccccc1COc1ccc(/C=N/Nc2nc(-c3ccc(Cl)cc3Cl)cs2)cc1. The van der Waals surface area contributed by atoms with E-state index >= 15 is 0 Å². The highest BCUT2D eigenvalue weighted by atomic mass is 35.5. The van der Waals surface area contributed by atoms with E-state index in [1.807, 2.05) is 35.7 Å². The fourth-order valence-electron chi connectivity index (χ4n) is 2.73. The molecule has 31 heavy (non-hydrogen) atoms. The van der Waals surface area contributed by atoms with E-state index in [1.54, 1.807) is 36.5 Å². The molecule has 0 aliphatic rings.